The molecule has 1 aliphatic rings. The van der Waals surface area contributed by atoms with Gasteiger partial charge in [-0.2, -0.15) is 0 Å². The van der Waals surface area contributed by atoms with Crippen LogP contribution in [0, 0.1) is 0 Å². The molecule has 0 aromatic heterocycles. The van der Waals surface area contributed by atoms with Crippen molar-refractivity contribution >= 4 is 17.5 Å². The molecule has 1 atom stereocenters. The fourth-order valence-electron chi connectivity index (χ4n) is 3.41. The Bertz CT molecular complexity index is 779. The van der Waals surface area contributed by atoms with E-state index in [1.54, 1.807) is 32.4 Å². The third-order valence-corrected chi connectivity index (χ3v) is 5.07. The number of hydrogen-bond donors (Lipinski definition) is 1. The van der Waals surface area contributed by atoms with Gasteiger partial charge in [-0.3, -0.25) is 9.69 Å². The first-order valence-corrected chi connectivity index (χ1v) is 9.46. The molecule has 3 rings (SSSR count). The summed E-state index contributed by atoms with van der Waals surface area (Å²) in [5.74, 6) is 1.06. The van der Waals surface area contributed by atoms with Gasteiger partial charge < -0.3 is 14.8 Å². The van der Waals surface area contributed by atoms with Crippen LogP contribution in [0.1, 0.15) is 28.8 Å². The van der Waals surface area contributed by atoms with E-state index in [-0.39, 0.29) is 11.9 Å². The number of nitrogens with zero attached hydrogens (tertiary/aromatic N) is 1. The van der Waals surface area contributed by atoms with Crippen LogP contribution >= 0.6 is 11.6 Å². The fraction of sp³-hybridized carbons (Fsp3) is 0.381. The number of benzene rings is 2. The number of hydrogen-bond acceptors (Lipinski definition) is 4. The van der Waals surface area contributed by atoms with Crippen LogP contribution in [0.3, 0.4) is 0 Å². The van der Waals surface area contributed by atoms with Crippen LogP contribution in [-0.2, 0) is 6.54 Å². The van der Waals surface area contributed by atoms with Crippen molar-refractivity contribution in [3.63, 3.8) is 0 Å². The predicted molar refractivity (Wildman–Crippen MR) is 107 cm³/mol. The van der Waals surface area contributed by atoms with Gasteiger partial charge in [0.2, 0.25) is 0 Å². The number of rotatable bonds is 6. The molecule has 1 saturated heterocycles. The van der Waals surface area contributed by atoms with Crippen molar-refractivity contribution in [3.05, 3.63) is 58.6 Å². The molecule has 1 aliphatic heterocycles. The Morgan fingerprint density at radius 1 is 1.19 bits per heavy atom. The molecule has 27 heavy (non-hydrogen) atoms. The molecular weight excluding hydrogens is 364 g/mol. The maximum Gasteiger partial charge on any atom is 0.255 e. The highest BCUT2D eigenvalue weighted by molar-refractivity contribution is 6.30. The van der Waals surface area contributed by atoms with E-state index in [2.05, 4.69) is 10.2 Å². The third-order valence-electron chi connectivity index (χ3n) is 4.81. The minimum atomic E-state index is -0.118. The van der Waals surface area contributed by atoms with Gasteiger partial charge in [0.1, 0.15) is 11.5 Å². The second kappa shape index (κ2) is 9.11. The van der Waals surface area contributed by atoms with Gasteiger partial charge >= 0.3 is 0 Å². The summed E-state index contributed by atoms with van der Waals surface area (Å²) in [5, 5.41) is 3.90. The highest BCUT2D eigenvalue weighted by Crippen LogP contribution is 2.25. The highest BCUT2D eigenvalue weighted by atomic mass is 35.5. The second-order valence-corrected chi connectivity index (χ2v) is 7.18. The Morgan fingerprint density at radius 3 is 2.67 bits per heavy atom. The fourth-order valence-corrected chi connectivity index (χ4v) is 3.54. The lowest BCUT2D eigenvalue weighted by Gasteiger charge is -2.33. The van der Waals surface area contributed by atoms with Crippen molar-refractivity contribution in [3.8, 4) is 11.5 Å². The van der Waals surface area contributed by atoms with Gasteiger partial charge in [0, 0.05) is 30.2 Å². The number of nitrogens with one attached hydrogen (secondary N) is 1. The molecule has 0 saturated carbocycles. The quantitative estimate of drug-likeness (QED) is 0.818. The maximum atomic E-state index is 12.7. The molecule has 0 unspecified atom stereocenters. The highest BCUT2D eigenvalue weighted by Gasteiger charge is 2.23. The molecule has 0 bridgehead atoms. The number of piperidine rings is 1. The van der Waals surface area contributed by atoms with Crippen LogP contribution in [0.2, 0.25) is 5.02 Å². The van der Waals surface area contributed by atoms with Crippen molar-refractivity contribution < 1.29 is 14.3 Å². The molecule has 0 radical (unpaired) electrons. The summed E-state index contributed by atoms with van der Waals surface area (Å²) in [5.41, 5.74) is 1.75. The number of ether oxygens (including phenoxy) is 2. The standard InChI is InChI=1S/C21H25ClN2O3/c1-26-18-9-10-19(20(12-18)27-2)21(25)23-17-4-3-11-24(14-17)13-15-5-7-16(22)8-6-15/h5-10,12,17H,3-4,11,13-14H2,1-2H3,(H,23,25)/t17-/m0/s1. The largest absolute Gasteiger partial charge is 0.497 e. The summed E-state index contributed by atoms with van der Waals surface area (Å²) in [6.07, 6.45) is 2.03. The lowest BCUT2D eigenvalue weighted by atomic mass is 10.0. The van der Waals surface area contributed by atoms with E-state index < -0.39 is 0 Å². The first-order chi connectivity index (χ1) is 13.1. The summed E-state index contributed by atoms with van der Waals surface area (Å²) in [4.78, 5) is 15.1. The molecule has 144 valence electrons. The smallest absolute Gasteiger partial charge is 0.255 e. The van der Waals surface area contributed by atoms with E-state index in [1.807, 2.05) is 24.3 Å². The van der Waals surface area contributed by atoms with E-state index in [0.29, 0.717) is 17.1 Å². The number of amides is 1. The molecule has 0 aliphatic carbocycles. The Kier molecular flexibility index (Phi) is 6.58. The first kappa shape index (κ1) is 19.5. The molecular formula is C21H25ClN2O3. The lowest BCUT2D eigenvalue weighted by Crippen LogP contribution is -2.47. The van der Waals surface area contributed by atoms with Gasteiger partial charge in [-0.1, -0.05) is 23.7 Å². The average Bonchev–Trinajstić information content (AvgIpc) is 2.69. The van der Waals surface area contributed by atoms with Crippen molar-refractivity contribution in [2.45, 2.75) is 25.4 Å². The SMILES string of the molecule is COc1ccc(C(=O)N[C@H]2CCCN(Cc3ccc(Cl)cc3)C2)c(OC)c1. The molecule has 2 aromatic rings. The van der Waals surface area contributed by atoms with Crippen molar-refractivity contribution in [1.82, 2.24) is 10.2 Å². The third kappa shape index (κ3) is 5.15. The van der Waals surface area contributed by atoms with Gasteiger partial charge in [0.25, 0.3) is 5.91 Å². The zero-order chi connectivity index (χ0) is 19.2. The van der Waals surface area contributed by atoms with Gasteiger partial charge in [-0.25, -0.2) is 0 Å². The Hall–Kier alpha value is -2.24. The Labute approximate surface area is 165 Å². The van der Waals surface area contributed by atoms with E-state index in [9.17, 15) is 4.79 Å². The molecule has 1 fully saturated rings. The summed E-state index contributed by atoms with van der Waals surface area (Å²) < 4.78 is 10.5. The number of carbonyl (C=O) groups excluding carboxylic acids is 1. The number of carbonyl (C=O) groups is 1. The zero-order valence-electron chi connectivity index (χ0n) is 15.7. The van der Waals surface area contributed by atoms with Crippen LogP contribution in [0.4, 0.5) is 0 Å². The molecule has 1 amide bonds. The summed E-state index contributed by atoms with van der Waals surface area (Å²) >= 11 is 5.96. The van der Waals surface area contributed by atoms with Crippen molar-refractivity contribution in [1.29, 1.82) is 0 Å². The van der Waals surface area contributed by atoms with E-state index in [4.69, 9.17) is 21.1 Å². The molecule has 1 N–H and O–H groups in total. The second-order valence-electron chi connectivity index (χ2n) is 6.74. The van der Waals surface area contributed by atoms with Crippen LogP contribution in [0.15, 0.2) is 42.5 Å². The van der Waals surface area contributed by atoms with Crippen LogP contribution < -0.4 is 14.8 Å². The van der Waals surface area contributed by atoms with Crippen molar-refractivity contribution in [2.24, 2.45) is 0 Å². The van der Waals surface area contributed by atoms with Gasteiger partial charge in [0.15, 0.2) is 0 Å². The van der Waals surface area contributed by atoms with E-state index in [1.165, 1.54) is 5.56 Å². The van der Waals surface area contributed by atoms with Gasteiger partial charge in [-0.05, 0) is 49.2 Å². The summed E-state index contributed by atoms with van der Waals surface area (Å²) in [6, 6.07) is 13.3. The van der Waals surface area contributed by atoms with Crippen molar-refractivity contribution in [2.75, 3.05) is 27.3 Å². The maximum absolute atomic E-state index is 12.7. The van der Waals surface area contributed by atoms with Crippen LogP contribution in [0.5, 0.6) is 11.5 Å². The number of methoxy groups -OCH3 is 2. The number of halogens is 1. The first-order valence-electron chi connectivity index (χ1n) is 9.08. The van der Waals surface area contributed by atoms with Crippen LogP contribution in [-0.4, -0.2) is 44.2 Å². The monoisotopic (exact) mass is 388 g/mol. The summed E-state index contributed by atoms with van der Waals surface area (Å²) in [7, 11) is 3.14. The van der Waals surface area contributed by atoms with Crippen LogP contribution in [0.25, 0.3) is 0 Å². The minimum absolute atomic E-state index is 0.116. The Morgan fingerprint density at radius 2 is 1.96 bits per heavy atom. The average molecular weight is 389 g/mol. The van der Waals surface area contributed by atoms with E-state index in [0.717, 1.165) is 37.5 Å². The normalized spacial score (nSPS) is 17.4. The number of likely N-dealkylation sites (tertiary alicyclic amines) is 1. The zero-order valence-corrected chi connectivity index (χ0v) is 16.5. The predicted octanol–water partition coefficient (Wildman–Crippen LogP) is 3.75. The molecule has 2 aromatic carbocycles. The molecule has 1 heterocycles. The summed E-state index contributed by atoms with van der Waals surface area (Å²) in [6.45, 7) is 2.71. The molecule has 0 spiro atoms. The van der Waals surface area contributed by atoms with Gasteiger partial charge in [0.05, 0.1) is 19.8 Å². The molecule has 6 heteroatoms. The molecule has 5 nitrogen and oxygen atoms in total. The van der Waals surface area contributed by atoms with Gasteiger partial charge in [-0.15, -0.1) is 0 Å². The lowest BCUT2D eigenvalue weighted by molar-refractivity contribution is 0.0897. The minimum Gasteiger partial charge on any atom is -0.497 e. The Balaban J connectivity index is 1.61. The van der Waals surface area contributed by atoms with E-state index >= 15 is 0 Å². The topological polar surface area (TPSA) is 50.8 Å².